The van der Waals surface area contributed by atoms with E-state index in [9.17, 15) is 4.79 Å². The van der Waals surface area contributed by atoms with Crippen LogP contribution < -0.4 is 10.5 Å². The number of carbonyl (C=O) groups excluding carboxylic acids is 1. The molecule has 94 valence electrons. The number of ether oxygens (including phenoxy) is 1. The second kappa shape index (κ2) is 7.09. The van der Waals surface area contributed by atoms with Crippen molar-refractivity contribution in [3.8, 4) is 5.75 Å². The Bertz CT molecular complexity index is 387. The zero-order valence-electron chi connectivity index (χ0n) is 10.1. The minimum absolute atomic E-state index is 0. The Morgan fingerprint density at radius 3 is 2.29 bits per heavy atom. The number of hydrogen-bond acceptors (Lipinski definition) is 3. The summed E-state index contributed by atoms with van der Waals surface area (Å²) in [6.07, 6.45) is 0.757. The maximum absolute atomic E-state index is 10.7. The fourth-order valence-electron chi connectivity index (χ4n) is 1.44. The second-order valence-corrected chi connectivity index (χ2v) is 3.93. The fraction of sp³-hybridized carbons (Fsp3) is 0.308. The average molecular weight is 256 g/mol. The highest BCUT2D eigenvalue weighted by Gasteiger charge is 2.06. The summed E-state index contributed by atoms with van der Waals surface area (Å²) in [6, 6.07) is 7.17. The molecule has 3 nitrogen and oxygen atoms in total. The van der Waals surface area contributed by atoms with Crippen LogP contribution in [0.2, 0.25) is 0 Å². The lowest BCUT2D eigenvalue weighted by Crippen LogP contribution is -2.10. The van der Waals surface area contributed by atoms with E-state index in [4.69, 9.17) is 10.5 Å². The molecule has 1 atom stereocenters. The number of hydrogen-bond donors (Lipinski definition) is 1. The van der Waals surface area contributed by atoms with Crippen molar-refractivity contribution in [1.82, 2.24) is 0 Å². The van der Waals surface area contributed by atoms with E-state index >= 15 is 0 Å². The van der Waals surface area contributed by atoms with E-state index in [0.29, 0.717) is 5.75 Å². The van der Waals surface area contributed by atoms with Crippen LogP contribution in [0.25, 0.3) is 0 Å². The zero-order valence-corrected chi connectivity index (χ0v) is 10.9. The van der Waals surface area contributed by atoms with Gasteiger partial charge in [-0.25, -0.2) is 0 Å². The summed E-state index contributed by atoms with van der Waals surface area (Å²) in [4.78, 5) is 10.7. The zero-order chi connectivity index (χ0) is 12.1. The lowest BCUT2D eigenvalue weighted by atomic mass is 10.0. The summed E-state index contributed by atoms with van der Waals surface area (Å²) in [5, 5.41) is 0. The summed E-state index contributed by atoms with van der Waals surface area (Å²) in [5.41, 5.74) is 8.04. The van der Waals surface area contributed by atoms with E-state index in [2.05, 4.69) is 6.58 Å². The van der Waals surface area contributed by atoms with Gasteiger partial charge in [0.15, 0.2) is 0 Å². The maximum Gasteiger partial charge on any atom is 0.308 e. The van der Waals surface area contributed by atoms with Crippen LogP contribution in [0.4, 0.5) is 0 Å². The topological polar surface area (TPSA) is 52.3 Å². The number of nitrogens with two attached hydrogens (primary N) is 1. The molecule has 1 rings (SSSR count). The third-order valence-corrected chi connectivity index (χ3v) is 2.14. The van der Waals surface area contributed by atoms with Crippen LogP contribution in [0.15, 0.2) is 36.4 Å². The van der Waals surface area contributed by atoms with Crippen LogP contribution in [0.3, 0.4) is 0 Å². The highest BCUT2D eigenvalue weighted by molar-refractivity contribution is 5.85. The molecular weight excluding hydrogens is 238 g/mol. The summed E-state index contributed by atoms with van der Waals surface area (Å²) in [6.45, 7) is 7.16. The van der Waals surface area contributed by atoms with Gasteiger partial charge in [0.1, 0.15) is 5.75 Å². The van der Waals surface area contributed by atoms with Gasteiger partial charge in [-0.3, -0.25) is 4.79 Å². The van der Waals surface area contributed by atoms with E-state index in [1.54, 1.807) is 12.1 Å². The Hall–Kier alpha value is -1.32. The smallest absolute Gasteiger partial charge is 0.308 e. The molecule has 0 saturated heterocycles. The third kappa shape index (κ3) is 5.52. The molecule has 0 aliphatic carbocycles. The average Bonchev–Trinajstić information content (AvgIpc) is 2.16. The molecule has 0 fully saturated rings. The van der Waals surface area contributed by atoms with Crippen LogP contribution in [0, 0.1) is 0 Å². The summed E-state index contributed by atoms with van der Waals surface area (Å²) in [7, 11) is 0. The van der Waals surface area contributed by atoms with Gasteiger partial charge >= 0.3 is 5.97 Å². The number of benzene rings is 1. The molecular formula is C13H18ClNO2. The number of carbonyl (C=O) groups is 1. The van der Waals surface area contributed by atoms with Gasteiger partial charge in [0, 0.05) is 13.0 Å². The fourth-order valence-corrected chi connectivity index (χ4v) is 1.44. The molecule has 0 heterocycles. The molecule has 0 aliphatic rings. The van der Waals surface area contributed by atoms with E-state index in [-0.39, 0.29) is 24.4 Å². The first-order valence-electron chi connectivity index (χ1n) is 5.17. The summed E-state index contributed by atoms with van der Waals surface area (Å²) < 4.78 is 4.93. The molecule has 17 heavy (non-hydrogen) atoms. The van der Waals surface area contributed by atoms with E-state index in [0.717, 1.165) is 17.6 Å². The van der Waals surface area contributed by atoms with Gasteiger partial charge in [-0.05, 0) is 31.0 Å². The van der Waals surface area contributed by atoms with E-state index in [1.807, 2.05) is 19.1 Å². The first kappa shape index (κ1) is 15.7. The van der Waals surface area contributed by atoms with Crippen molar-refractivity contribution in [3.05, 3.63) is 42.0 Å². The Balaban J connectivity index is 0.00000256. The summed E-state index contributed by atoms with van der Waals surface area (Å²) in [5.74, 6) is 0.220. The molecule has 0 radical (unpaired) electrons. The Kier molecular flexibility index (Phi) is 6.54. The van der Waals surface area contributed by atoms with E-state index in [1.165, 1.54) is 6.92 Å². The minimum atomic E-state index is -0.320. The van der Waals surface area contributed by atoms with Gasteiger partial charge in [-0.15, -0.1) is 19.0 Å². The van der Waals surface area contributed by atoms with Crippen molar-refractivity contribution in [3.63, 3.8) is 0 Å². The second-order valence-electron chi connectivity index (χ2n) is 3.93. The summed E-state index contributed by atoms with van der Waals surface area (Å²) >= 11 is 0. The molecule has 0 aromatic heterocycles. The Morgan fingerprint density at radius 1 is 1.35 bits per heavy atom. The van der Waals surface area contributed by atoms with Gasteiger partial charge in [-0.1, -0.05) is 17.7 Å². The lowest BCUT2D eigenvalue weighted by Gasteiger charge is -2.12. The number of rotatable bonds is 4. The van der Waals surface area contributed by atoms with Crippen LogP contribution in [0.5, 0.6) is 5.75 Å². The molecule has 0 bridgehead atoms. The van der Waals surface area contributed by atoms with Crippen LogP contribution in [0.1, 0.15) is 31.9 Å². The SMILES string of the molecule is C=C(C)C[C@H](N)c1ccc(OC(C)=O)cc1.Cl. The monoisotopic (exact) mass is 255 g/mol. The molecule has 1 aromatic rings. The largest absolute Gasteiger partial charge is 0.427 e. The van der Waals surface area contributed by atoms with Gasteiger partial charge in [0.2, 0.25) is 0 Å². The third-order valence-electron chi connectivity index (χ3n) is 2.14. The van der Waals surface area contributed by atoms with Crippen LogP contribution >= 0.6 is 12.4 Å². The standard InChI is InChI=1S/C13H17NO2.ClH/c1-9(2)8-13(14)11-4-6-12(7-5-11)16-10(3)15;/h4-7,13H,1,8,14H2,2-3H3;1H/t13-;/m0./s1. The first-order valence-corrected chi connectivity index (χ1v) is 5.17. The van der Waals surface area contributed by atoms with Crippen LogP contribution in [-0.2, 0) is 4.79 Å². The maximum atomic E-state index is 10.7. The first-order chi connectivity index (χ1) is 7.49. The molecule has 0 spiro atoms. The van der Waals surface area contributed by atoms with Crippen molar-refractivity contribution in [1.29, 1.82) is 0 Å². The number of esters is 1. The van der Waals surface area contributed by atoms with Crippen LogP contribution in [-0.4, -0.2) is 5.97 Å². The molecule has 4 heteroatoms. The van der Waals surface area contributed by atoms with Gasteiger partial charge < -0.3 is 10.5 Å². The highest BCUT2D eigenvalue weighted by atomic mass is 35.5. The predicted octanol–water partition coefficient (Wildman–Crippen LogP) is 3.00. The molecule has 0 saturated carbocycles. The van der Waals surface area contributed by atoms with Gasteiger partial charge in [0.25, 0.3) is 0 Å². The lowest BCUT2D eigenvalue weighted by molar-refractivity contribution is -0.131. The van der Waals surface area contributed by atoms with Crippen molar-refractivity contribution >= 4 is 18.4 Å². The molecule has 0 aliphatic heterocycles. The highest BCUT2D eigenvalue weighted by Crippen LogP contribution is 2.20. The van der Waals surface area contributed by atoms with Crippen molar-refractivity contribution in [2.75, 3.05) is 0 Å². The van der Waals surface area contributed by atoms with Crippen molar-refractivity contribution in [2.45, 2.75) is 26.3 Å². The van der Waals surface area contributed by atoms with Gasteiger partial charge in [0.05, 0.1) is 0 Å². The van der Waals surface area contributed by atoms with Crippen molar-refractivity contribution < 1.29 is 9.53 Å². The Labute approximate surface area is 108 Å². The quantitative estimate of drug-likeness (QED) is 0.511. The molecule has 1 aromatic carbocycles. The van der Waals surface area contributed by atoms with Gasteiger partial charge in [-0.2, -0.15) is 0 Å². The normalized spacial score (nSPS) is 11.2. The minimum Gasteiger partial charge on any atom is -0.427 e. The Morgan fingerprint density at radius 2 is 1.88 bits per heavy atom. The molecule has 0 unspecified atom stereocenters. The predicted molar refractivity (Wildman–Crippen MR) is 71.4 cm³/mol. The van der Waals surface area contributed by atoms with E-state index < -0.39 is 0 Å². The molecule has 0 amide bonds. The number of halogens is 1. The van der Waals surface area contributed by atoms with Crippen molar-refractivity contribution in [2.24, 2.45) is 5.73 Å². The molecule has 2 N–H and O–H groups in total.